The first-order valence-corrected chi connectivity index (χ1v) is 7.48. The largest absolute Gasteiger partial charge is 0.379 e. The molecule has 1 heterocycles. The number of likely N-dealkylation sites (N-methyl/N-ethyl adjacent to an activating group) is 1. The average molecular weight is 311 g/mol. The van der Waals surface area contributed by atoms with Gasteiger partial charge in [-0.25, -0.2) is 0 Å². The Balaban J connectivity index is 2.17. The molecule has 0 saturated carbocycles. The third-order valence-electron chi connectivity index (χ3n) is 2.53. The van der Waals surface area contributed by atoms with Crippen molar-refractivity contribution in [2.75, 3.05) is 40.4 Å². The van der Waals surface area contributed by atoms with Gasteiger partial charge < -0.3 is 15.0 Å². The van der Waals surface area contributed by atoms with Crippen molar-refractivity contribution in [1.82, 2.24) is 10.2 Å². The molecule has 0 amide bonds. The highest BCUT2D eigenvalue weighted by Gasteiger charge is 2.12. The summed E-state index contributed by atoms with van der Waals surface area (Å²) in [5.74, 6) is 0. The van der Waals surface area contributed by atoms with Gasteiger partial charge in [0.15, 0.2) is 0 Å². The smallest absolute Gasteiger partial charge is 0.0991 e. The van der Waals surface area contributed by atoms with Gasteiger partial charge in [-0.3, -0.25) is 0 Å². The minimum Gasteiger partial charge on any atom is -0.379 e. The van der Waals surface area contributed by atoms with Crippen LogP contribution in [0.3, 0.4) is 0 Å². The Morgan fingerprint density at radius 1 is 1.39 bits per heavy atom. The first-order valence-electron chi connectivity index (χ1n) is 5.91. The highest BCUT2D eigenvalue weighted by Crippen LogP contribution is 2.34. The van der Waals surface area contributed by atoms with E-state index in [1.165, 1.54) is 11.3 Å². The second-order valence-corrected chi connectivity index (χ2v) is 6.66. The highest BCUT2D eigenvalue weighted by molar-refractivity contribution is 7.20. The molecular weight excluding hydrogens is 291 g/mol. The Labute approximate surface area is 123 Å². The van der Waals surface area contributed by atoms with Crippen LogP contribution < -0.4 is 5.32 Å². The fourth-order valence-electron chi connectivity index (χ4n) is 1.45. The number of nitrogens with zero attached hydrogens (tertiary/aromatic N) is 1. The monoisotopic (exact) mass is 310 g/mol. The Morgan fingerprint density at radius 3 is 2.67 bits per heavy atom. The molecule has 1 N–H and O–H groups in total. The zero-order valence-electron chi connectivity index (χ0n) is 11.0. The van der Waals surface area contributed by atoms with Gasteiger partial charge in [0.05, 0.1) is 21.9 Å². The fraction of sp³-hybridized carbons (Fsp3) is 0.667. The molecule has 0 aliphatic heterocycles. The molecule has 18 heavy (non-hydrogen) atoms. The second-order valence-electron chi connectivity index (χ2n) is 4.37. The fourth-order valence-corrected chi connectivity index (χ4v) is 3.10. The molecule has 3 nitrogen and oxygen atoms in total. The van der Waals surface area contributed by atoms with E-state index in [4.69, 9.17) is 27.9 Å². The van der Waals surface area contributed by atoms with E-state index in [0.717, 1.165) is 33.9 Å². The standard InChI is InChI=1S/C12H20Cl2N2OS/c1-9(10-8-11(13)18-12(10)14)15-4-6-17-7-5-16(2)3/h8-9,15H,4-7H2,1-3H3. The summed E-state index contributed by atoms with van der Waals surface area (Å²) < 4.78 is 6.99. The lowest BCUT2D eigenvalue weighted by Crippen LogP contribution is -2.25. The number of halogens is 2. The molecule has 1 aromatic heterocycles. The van der Waals surface area contributed by atoms with Crippen LogP contribution in [-0.2, 0) is 4.74 Å². The number of nitrogens with one attached hydrogen (secondary N) is 1. The van der Waals surface area contributed by atoms with Crippen LogP contribution in [0.4, 0.5) is 0 Å². The van der Waals surface area contributed by atoms with Gasteiger partial charge >= 0.3 is 0 Å². The first-order chi connectivity index (χ1) is 8.50. The van der Waals surface area contributed by atoms with E-state index in [2.05, 4.69) is 17.1 Å². The van der Waals surface area contributed by atoms with Gasteiger partial charge in [0.25, 0.3) is 0 Å². The maximum atomic E-state index is 6.09. The molecule has 0 aromatic carbocycles. The van der Waals surface area contributed by atoms with Crippen molar-refractivity contribution in [3.63, 3.8) is 0 Å². The lowest BCUT2D eigenvalue weighted by atomic mass is 10.2. The van der Waals surface area contributed by atoms with E-state index < -0.39 is 0 Å². The molecule has 0 aliphatic carbocycles. The molecular formula is C12H20Cl2N2OS. The molecule has 1 aromatic rings. The van der Waals surface area contributed by atoms with Crippen LogP contribution in [0.1, 0.15) is 18.5 Å². The maximum absolute atomic E-state index is 6.09. The first kappa shape index (κ1) is 16.2. The number of thiophene rings is 1. The molecule has 1 unspecified atom stereocenters. The zero-order chi connectivity index (χ0) is 13.5. The van der Waals surface area contributed by atoms with Crippen molar-refractivity contribution >= 4 is 34.5 Å². The minimum absolute atomic E-state index is 0.193. The predicted octanol–water partition coefficient (Wildman–Crippen LogP) is 3.28. The van der Waals surface area contributed by atoms with Crippen LogP contribution in [-0.4, -0.2) is 45.3 Å². The minimum atomic E-state index is 0.193. The summed E-state index contributed by atoms with van der Waals surface area (Å²) in [5.41, 5.74) is 1.06. The topological polar surface area (TPSA) is 24.5 Å². The average Bonchev–Trinajstić information content (AvgIpc) is 2.62. The molecule has 0 spiro atoms. The summed E-state index contributed by atoms with van der Waals surface area (Å²) in [6.45, 7) is 5.28. The highest BCUT2D eigenvalue weighted by atomic mass is 35.5. The Kier molecular flexibility index (Phi) is 7.53. The van der Waals surface area contributed by atoms with Crippen LogP contribution >= 0.6 is 34.5 Å². The summed E-state index contributed by atoms with van der Waals surface area (Å²) in [5, 5.41) is 3.37. The molecule has 0 fully saturated rings. The third kappa shape index (κ3) is 5.87. The molecule has 0 radical (unpaired) electrons. The molecule has 6 heteroatoms. The van der Waals surface area contributed by atoms with Gasteiger partial charge in [-0.05, 0) is 32.6 Å². The third-order valence-corrected chi connectivity index (χ3v) is 4.05. The van der Waals surface area contributed by atoms with Crippen molar-refractivity contribution in [2.45, 2.75) is 13.0 Å². The maximum Gasteiger partial charge on any atom is 0.0991 e. The zero-order valence-corrected chi connectivity index (χ0v) is 13.3. The SMILES string of the molecule is CC(NCCOCCN(C)C)c1cc(Cl)sc1Cl. The van der Waals surface area contributed by atoms with Gasteiger partial charge in [-0.15, -0.1) is 11.3 Å². The molecule has 1 rings (SSSR count). The predicted molar refractivity (Wildman–Crippen MR) is 80.1 cm³/mol. The summed E-state index contributed by atoms with van der Waals surface area (Å²) in [6, 6.07) is 2.11. The van der Waals surface area contributed by atoms with Gasteiger partial charge in [0.2, 0.25) is 0 Å². The van der Waals surface area contributed by atoms with Crippen molar-refractivity contribution in [1.29, 1.82) is 0 Å². The van der Waals surface area contributed by atoms with E-state index in [0.29, 0.717) is 6.61 Å². The van der Waals surface area contributed by atoms with E-state index in [1.807, 2.05) is 20.2 Å². The van der Waals surface area contributed by atoms with Gasteiger partial charge in [-0.1, -0.05) is 23.2 Å². The normalized spacial score (nSPS) is 13.2. The molecule has 0 saturated heterocycles. The van der Waals surface area contributed by atoms with E-state index >= 15 is 0 Å². The summed E-state index contributed by atoms with van der Waals surface area (Å²) >= 11 is 13.4. The number of hydrogen-bond donors (Lipinski definition) is 1. The molecule has 0 aliphatic rings. The van der Waals surface area contributed by atoms with Gasteiger partial charge in [0, 0.05) is 19.1 Å². The molecule has 104 valence electrons. The number of rotatable bonds is 8. The summed E-state index contributed by atoms with van der Waals surface area (Å²) in [6.07, 6.45) is 0. The van der Waals surface area contributed by atoms with E-state index in [1.54, 1.807) is 0 Å². The quantitative estimate of drug-likeness (QED) is 0.746. The Bertz CT molecular complexity index is 358. The van der Waals surface area contributed by atoms with Crippen molar-refractivity contribution in [3.8, 4) is 0 Å². The van der Waals surface area contributed by atoms with E-state index in [9.17, 15) is 0 Å². The van der Waals surface area contributed by atoms with Crippen molar-refractivity contribution in [3.05, 3.63) is 20.3 Å². The lowest BCUT2D eigenvalue weighted by Gasteiger charge is -2.14. The van der Waals surface area contributed by atoms with Crippen LogP contribution in [0.5, 0.6) is 0 Å². The van der Waals surface area contributed by atoms with E-state index in [-0.39, 0.29) is 6.04 Å². The number of hydrogen-bond acceptors (Lipinski definition) is 4. The molecule has 1 atom stereocenters. The number of ether oxygens (including phenoxy) is 1. The van der Waals surface area contributed by atoms with Gasteiger partial charge in [-0.2, -0.15) is 0 Å². The van der Waals surface area contributed by atoms with Crippen molar-refractivity contribution < 1.29 is 4.74 Å². The van der Waals surface area contributed by atoms with Crippen LogP contribution in [0.15, 0.2) is 6.07 Å². The van der Waals surface area contributed by atoms with Crippen LogP contribution in [0.25, 0.3) is 0 Å². The van der Waals surface area contributed by atoms with Crippen molar-refractivity contribution in [2.24, 2.45) is 0 Å². The molecule has 0 bridgehead atoms. The Hall–Kier alpha value is 0.160. The summed E-state index contributed by atoms with van der Waals surface area (Å²) in [4.78, 5) is 2.10. The summed E-state index contributed by atoms with van der Waals surface area (Å²) in [7, 11) is 4.07. The van der Waals surface area contributed by atoms with Crippen LogP contribution in [0.2, 0.25) is 8.67 Å². The van der Waals surface area contributed by atoms with Crippen LogP contribution in [0, 0.1) is 0 Å². The second kappa shape index (κ2) is 8.35. The lowest BCUT2D eigenvalue weighted by molar-refractivity contribution is 0.118. The van der Waals surface area contributed by atoms with Gasteiger partial charge in [0.1, 0.15) is 0 Å². The Morgan fingerprint density at radius 2 is 2.11 bits per heavy atom.